The van der Waals surface area contributed by atoms with Crippen LogP contribution in [0.1, 0.15) is 32.1 Å². The fourth-order valence-corrected chi connectivity index (χ4v) is 2.17. The quantitative estimate of drug-likeness (QED) is 0.665. The van der Waals surface area contributed by atoms with Crippen LogP contribution in [0.4, 0.5) is 0 Å². The summed E-state index contributed by atoms with van der Waals surface area (Å²) in [6.45, 7) is 1.03. The molecule has 1 aliphatic heterocycles. The Kier molecular flexibility index (Phi) is 4.77. The van der Waals surface area contributed by atoms with E-state index in [4.69, 9.17) is 5.73 Å². The molecule has 0 aromatic carbocycles. The highest BCUT2D eigenvalue weighted by atomic mass is 35.5. The highest BCUT2D eigenvalue weighted by Crippen LogP contribution is 2.28. The Hall–Kier alpha value is -0.810. The highest BCUT2D eigenvalue weighted by Gasteiger charge is 2.33. The van der Waals surface area contributed by atoms with Crippen molar-refractivity contribution in [2.24, 2.45) is 11.7 Å². The van der Waals surface area contributed by atoms with Gasteiger partial charge in [0, 0.05) is 25.0 Å². The van der Waals surface area contributed by atoms with Gasteiger partial charge < -0.3 is 16.4 Å². The number of hydrogen-bond donors (Lipinski definition) is 3. The lowest BCUT2D eigenvalue weighted by atomic mass is 9.77. The van der Waals surface area contributed by atoms with Crippen LogP contribution < -0.4 is 16.4 Å². The molecule has 0 aromatic rings. The van der Waals surface area contributed by atoms with Crippen molar-refractivity contribution in [3.63, 3.8) is 0 Å². The lowest BCUT2D eigenvalue weighted by molar-refractivity contribution is -0.129. The minimum absolute atomic E-state index is 0. The molecule has 5 nitrogen and oxygen atoms in total. The third-order valence-electron chi connectivity index (χ3n) is 3.60. The van der Waals surface area contributed by atoms with Gasteiger partial charge in [-0.15, -0.1) is 12.4 Å². The topological polar surface area (TPSA) is 84.2 Å². The van der Waals surface area contributed by atoms with Gasteiger partial charge in [-0.1, -0.05) is 0 Å². The molecule has 2 amide bonds. The smallest absolute Gasteiger partial charge is 0.224 e. The summed E-state index contributed by atoms with van der Waals surface area (Å²) in [7, 11) is 0. The van der Waals surface area contributed by atoms with E-state index in [1.165, 1.54) is 0 Å². The van der Waals surface area contributed by atoms with Gasteiger partial charge in [0.15, 0.2) is 0 Å². The number of nitrogens with two attached hydrogens (primary N) is 1. The molecule has 2 rings (SSSR count). The number of halogens is 1. The molecular formula is C11H20ClN3O2. The first-order valence-corrected chi connectivity index (χ1v) is 5.92. The minimum atomic E-state index is -0.173. The van der Waals surface area contributed by atoms with E-state index in [1.54, 1.807) is 0 Å². The van der Waals surface area contributed by atoms with Crippen molar-refractivity contribution in [3.05, 3.63) is 0 Å². The molecule has 1 aliphatic carbocycles. The lowest BCUT2D eigenvalue weighted by Crippen LogP contribution is -2.56. The normalized spacial score (nSPS) is 26.2. The summed E-state index contributed by atoms with van der Waals surface area (Å²) in [6, 6.07) is 0. The molecule has 98 valence electrons. The Morgan fingerprint density at radius 2 is 2.24 bits per heavy atom. The fraction of sp³-hybridized carbons (Fsp3) is 0.818. The average molecular weight is 262 g/mol. The maximum absolute atomic E-state index is 11.8. The van der Waals surface area contributed by atoms with E-state index in [0.29, 0.717) is 25.9 Å². The van der Waals surface area contributed by atoms with E-state index in [2.05, 4.69) is 10.6 Å². The Balaban J connectivity index is 0.00000144. The summed E-state index contributed by atoms with van der Waals surface area (Å²) in [5, 5.41) is 5.60. The van der Waals surface area contributed by atoms with Crippen molar-refractivity contribution in [2.75, 3.05) is 13.1 Å². The standard InChI is InChI=1S/C11H19N3O2.ClH/c12-11(4-1-5-11)7-14-10(16)8-2-3-9(15)13-6-8;/h8H,1-7,12H2,(H,13,15)(H,14,16);1H. The second-order valence-corrected chi connectivity index (χ2v) is 4.97. The maximum Gasteiger partial charge on any atom is 0.224 e. The Morgan fingerprint density at radius 1 is 1.53 bits per heavy atom. The summed E-state index contributed by atoms with van der Waals surface area (Å²) in [5.74, 6) is -0.0172. The SMILES string of the molecule is Cl.NC1(CNC(=O)C2CCC(=O)NC2)CCC1. The van der Waals surface area contributed by atoms with Gasteiger partial charge >= 0.3 is 0 Å². The van der Waals surface area contributed by atoms with Crippen LogP contribution in [0.5, 0.6) is 0 Å². The second-order valence-electron chi connectivity index (χ2n) is 4.97. The van der Waals surface area contributed by atoms with E-state index in [9.17, 15) is 9.59 Å². The summed E-state index contributed by atoms with van der Waals surface area (Å²) >= 11 is 0. The molecule has 4 N–H and O–H groups in total. The van der Waals surface area contributed by atoms with Crippen molar-refractivity contribution < 1.29 is 9.59 Å². The van der Waals surface area contributed by atoms with E-state index < -0.39 is 0 Å². The fourth-order valence-electron chi connectivity index (χ4n) is 2.17. The molecule has 6 heteroatoms. The van der Waals surface area contributed by atoms with Crippen LogP contribution in [-0.2, 0) is 9.59 Å². The Bertz CT molecular complexity index is 295. The molecule has 1 saturated carbocycles. The predicted molar refractivity (Wildman–Crippen MR) is 66.8 cm³/mol. The van der Waals surface area contributed by atoms with Gasteiger partial charge in [0.2, 0.25) is 11.8 Å². The van der Waals surface area contributed by atoms with E-state index in [1.807, 2.05) is 0 Å². The molecule has 2 aliphatic rings. The van der Waals surface area contributed by atoms with Gasteiger partial charge in [0.05, 0.1) is 5.92 Å². The number of hydrogen-bond acceptors (Lipinski definition) is 3. The third-order valence-corrected chi connectivity index (χ3v) is 3.60. The molecule has 1 unspecified atom stereocenters. The molecule has 0 radical (unpaired) electrons. The minimum Gasteiger partial charge on any atom is -0.355 e. The number of carbonyl (C=O) groups is 2. The zero-order chi connectivity index (χ0) is 11.6. The van der Waals surface area contributed by atoms with Crippen LogP contribution >= 0.6 is 12.4 Å². The van der Waals surface area contributed by atoms with Crippen molar-refractivity contribution in [1.82, 2.24) is 10.6 Å². The van der Waals surface area contributed by atoms with Gasteiger partial charge in [-0.3, -0.25) is 9.59 Å². The number of nitrogens with one attached hydrogen (secondary N) is 2. The van der Waals surface area contributed by atoms with Gasteiger partial charge in [-0.2, -0.15) is 0 Å². The summed E-state index contributed by atoms with van der Waals surface area (Å²) in [5.41, 5.74) is 5.85. The summed E-state index contributed by atoms with van der Waals surface area (Å²) in [6.07, 6.45) is 4.25. The average Bonchev–Trinajstić information content (AvgIpc) is 2.24. The van der Waals surface area contributed by atoms with E-state index >= 15 is 0 Å². The summed E-state index contributed by atoms with van der Waals surface area (Å²) < 4.78 is 0. The van der Waals surface area contributed by atoms with Gasteiger partial charge in [0.25, 0.3) is 0 Å². The molecule has 0 bridgehead atoms. The first-order chi connectivity index (χ1) is 7.59. The molecule has 0 aromatic heterocycles. The Labute approximate surface area is 107 Å². The van der Waals surface area contributed by atoms with Crippen LogP contribution in [0.25, 0.3) is 0 Å². The van der Waals surface area contributed by atoms with Crippen LogP contribution in [0, 0.1) is 5.92 Å². The molecule has 1 saturated heterocycles. The monoisotopic (exact) mass is 261 g/mol. The number of amides is 2. The van der Waals surface area contributed by atoms with E-state index in [-0.39, 0.29) is 35.7 Å². The van der Waals surface area contributed by atoms with Gasteiger partial charge in [-0.05, 0) is 25.7 Å². The Morgan fingerprint density at radius 3 is 2.71 bits per heavy atom. The predicted octanol–water partition coefficient (Wildman–Crippen LogP) is -0.0680. The first-order valence-electron chi connectivity index (χ1n) is 5.92. The molecule has 1 atom stereocenters. The van der Waals surface area contributed by atoms with Crippen LogP contribution in [0.2, 0.25) is 0 Å². The number of rotatable bonds is 3. The largest absolute Gasteiger partial charge is 0.355 e. The zero-order valence-electron chi connectivity index (χ0n) is 9.83. The van der Waals surface area contributed by atoms with Crippen molar-refractivity contribution in [1.29, 1.82) is 0 Å². The maximum atomic E-state index is 11.8. The molecule has 1 heterocycles. The number of carbonyl (C=O) groups excluding carboxylic acids is 2. The molecule has 2 fully saturated rings. The number of piperidine rings is 1. The van der Waals surface area contributed by atoms with Crippen LogP contribution in [-0.4, -0.2) is 30.4 Å². The lowest BCUT2D eigenvalue weighted by Gasteiger charge is -2.38. The van der Waals surface area contributed by atoms with Crippen LogP contribution in [0.15, 0.2) is 0 Å². The highest BCUT2D eigenvalue weighted by molar-refractivity contribution is 5.85. The van der Waals surface area contributed by atoms with E-state index in [0.717, 1.165) is 19.3 Å². The first kappa shape index (κ1) is 14.3. The molecule has 0 spiro atoms. The third kappa shape index (κ3) is 3.57. The second kappa shape index (κ2) is 5.69. The van der Waals surface area contributed by atoms with Crippen molar-refractivity contribution in [2.45, 2.75) is 37.6 Å². The van der Waals surface area contributed by atoms with Gasteiger partial charge in [0.1, 0.15) is 0 Å². The van der Waals surface area contributed by atoms with Gasteiger partial charge in [-0.25, -0.2) is 0 Å². The zero-order valence-corrected chi connectivity index (χ0v) is 10.6. The summed E-state index contributed by atoms with van der Waals surface area (Å²) in [4.78, 5) is 22.7. The van der Waals surface area contributed by atoms with Crippen molar-refractivity contribution in [3.8, 4) is 0 Å². The van der Waals surface area contributed by atoms with Crippen LogP contribution in [0.3, 0.4) is 0 Å². The molecular weight excluding hydrogens is 242 g/mol. The molecule has 17 heavy (non-hydrogen) atoms. The van der Waals surface area contributed by atoms with Crippen molar-refractivity contribution >= 4 is 24.2 Å².